The van der Waals surface area contributed by atoms with Crippen LogP contribution in [0.25, 0.3) is 0 Å². The Balaban J connectivity index is 1.30. The van der Waals surface area contributed by atoms with Gasteiger partial charge in [-0.3, -0.25) is 14.5 Å². The molecule has 162 valence electrons. The monoisotopic (exact) mass is 425 g/mol. The summed E-state index contributed by atoms with van der Waals surface area (Å²) in [5, 5.41) is 9.81. The van der Waals surface area contributed by atoms with E-state index in [4.69, 9.17) is 9.47 Å². The summed E-state index contributed by atoms with van der Waals surface area (Å²) in [4.78, 5) is 39.3. The summed E-state index contributed by atoms with van der Waals surface area (Å²) in [6.07, 6.45) is 5.95. The van der Waals surface area contributed by atoms with Crippen LogP contribution < -0.4 is 20.1 Å². The van der Waals surface area contributed by atoms with Crippen LogP contribution in [0.2, 0.25) is 0 Å². The first kappa shape index (κ1) is 19.4. The lowest BCUT2D eigenvalue weighted by Gasteiger charge is -2.22. The van der Waals surface area contributed by atoms with Crippen LogP contribution in [-0.2, 0) is 15.1 Å². The second kappa shape index (κ2) is 7.29. The molecule has 0 radical (unpaired) electrons. The maximum atomic E-state index is 13.1. The lowest BCUT2D eigenvalue weighted by Crippen LogP contribution is -2.42. The molecule has 4 amide bonds. The molecule has 2 aliphatic heterocycles. The van der Waals surface area contributed by atoms with Crippen molar-refractivity contribution >= 4 is 23.7 Å². The Labute approximate surface area is 178 Å². The predicted molar refractivity (Wildman–Crippen MR) is 109 cm³/mol. The molecule has 1 aromatic carbocycles. The molecular formula is C21H23N5O5. The predicted octanol–water partition coefficient (Wildman–Crippen LogP) is 2.13. The average molecular weight is 425 g/mol. The van der Waals surface area contributed by atoms with E-state index in [1.54, 1.807) is 37.4 Å². The number of carbonyl (C=O) groups is 3. The van der Waals surface area contributed by atoms with E-state index in [9.17, 15) is 14.4 Å². The Morgan fingerprint density at radius 3 is 2.81 bits per heavy atom. The van der Waals surface area contributed by atoms with E-state index >= 15 is 0 Å². The van der Waals surface area contributed by atoms with Gasteiger partial charge in [0.25, 0.3) is 5.91 Å². The molecule has 1 saturated carbocycles. The van der Waals surface area contributed by atoms with Gasteiger partial charge < -0.3 is 20.1 Å². The molecule has 2 fully saturated rings. The Hall–Kier alpha value is -3.56. The van der Waals surface area contributed by atoms with Crippen LogP contribution in [0.4, 0.5) is 10.6 Å². The number of nitrogens with one attached hydrogen (secondary N) is 2. The molecule has 31 heavy (non-hydrogen) atoms. The van der Waals surface area contributed by atoms with Crippen molar-refractivity contribution in [2.24, 2.45) is 0 Å². The van der Waals surface area contributed by atoms with Crippen molar-refractivity contribution in [1.29, 1.82) is 0 Å². The Kier molecular flexibility index (Phi) is 4.57. The number of carbonyl (C=O) groups excluding carboxylic acids is 3. The topological polar surface area (TPSA) is 115 Å². The maximum Gasteiger partial charge on any atom is 0.325 e. The van der Waals surface area contributed by atoms with Crippen molar-refractivity contribution in [2.75, 3.05) is 18.7 Å². The quantitative estimate of drug-likeness (QED) is 0.710. The number of benzene rings is 1. The van der Waals surface area contributed by atoms with Gasteiger partial charge in [0, 0.05) is 6.07 Å². The first-order valence-corrected chi connectivity index (χ1v) is 10.3. The number of rotatable bonds is 5. The highest BCUT2D eigenvalue weighted by atomic mass is 16.7. The molecule has 3 heterocycles. The fraction of sp³-hybridized carbons (Fsp3) is 0.429. The third-order valence-electron chi connectivity index (χ3n) is 6.13. The number of ether oxygens (including phenoxy) is 2. The highest BCUT2D eigenvalue weighted by molar-refractivity contribution is 6.10. The number of aromatic nitrogens is 2. The van der Waals surface area contributed by atoms with E-state index in [0.717, 1.165) is 30.6 Å². The molecule has 1 unspecified atom stereocenters. The minimum atomic E-state index is -1.30. The van der Waals surface area contributed by atoms with Gasteiger partial charge in [-0.05, 0) is 37.5 Å². The van der Waals surface area contributed by atoms with Crippen molar-refractivity contribution in [2.45, 2.75) is 44.2 Å². The summed E-state index contributed by atoms with van der Waals surface area (Å²) < 4.78 is 12.5. The van der Waals surface area contributed by atoms with Gasteiger partial charge in [-0.1, -0.05) is 18.9 Å². The molecule has 1 atom stereocenters. The fourth-order valence-electron chi connectivity index (χ4n) is 4.42. The van der Waals surface area contributed by atoms with Crippen LogP contribution in [0, 0.1) is 0 Å². The van der Waals surface area contributed by atoms with Crippen molar-refractivity contribution in [3.63, 3.8) is 0 Å². The number of hydrogen-bond donors (Lipinski definition) is 2. The van der Waals surface area contributed by atoms with Gasteiger partial charge in [0.05, 0.1) is 12.2 Å². The van der Waals surface area contributed by atoms with Gasteiger partial charge in [-0.2, -0.15) is 5.10 Å². The second-order valence-corrected chi connectivity index (χ2v) is 8.16. The van der Waals surface area contributed by atoms with Gasteiger partial charge in [0.1, 0.15) is 17.9 Å². The zero-order chi connectivity index (χ0) is 21.6. The minimum absolute atomic E-state index is 0.111. The number of nitrogens with zero attached hydrogens (tertiary/aromatic N) is 3. The number of hydrogen-bond acceptors (Lipinski definition) is 6. The van der Waals surface area contributed by atoms with E-state index in [-0.39, 0.29) is 19.4 Å². The zero-order valence-electron chi connectivity index (χ0n) is 17.1. The van der Waals surface area contributed by atoms with Crippen molar-refractivity contribution in [1.82, 2.24) is 20.0 Å². The normalized spacial score (nSPS) is 22.8. The highest BCUT2D eigenvalue weighted by Gasteiger charge is 2.50. The molecule has 2 aromatic rings. The van der Waals surface area contributed by atoms with E-state index in [1.807, 2.05) is 4.68 Å². The first-order valence-electron chi connectivity index (χ1n) is 10.3. The molecule has 10 nitrogen and oxygen atoms in total. The van der Waals surface area contributed by atoms with Crippen LogP contribution >= 0.6 is 0 Å². The number of imide groups is 1. The number of urea groups is 1. The van der Waals surface area contributed by atoms with Crippen LogP contribution in [0.1, 0.15) is 44.2 Å². The lowest BCUT2D eigenvalue weighted by atomic mass is 9.91. The minimum Gasteiger partial charge on any atom is -0.454 e. The molecule has 1 saturated heterocycles. The number of anilines is 1. The smallest absolute Gasteiger partial charge is 0.325 e. The standard InChI is InChI=1S/C21H23N5O5/c1-21(13-6-7-15-16(10-13)31-12-30-15)19(28)25(20(29)24-21)11-18(27)23-17-8-9-22-26(17)14-4-2-3-5-14/h6-10,14H,2-5,11-12H2,1H3,(H,23,27)(H,24,29). The van der Waals surface area contributed by atoms with Crippen molar-refractivity contribution in [3.05, 3.63) is 36.0 Å². The Morgan fingerprint density at radius 2 is 2.00 bits per heavy atom. The molecule has 0 bridgehead atoms. The third-order valence-corrected chi connectivity index (χ3v) is 6.13. The van der Waals surface area contributed by atoms with Gasteiger partial charge in [0.15, 0.2) is 11.5 Å². The first-order chi connectivity index (χ1) is 15.0. The molecular weight excluding hydrogens is 402 g/mol. The van der Waals surface area contributed by atoms with Crippen LogP contribution in [0.5, 0.6) is 11.5 Å². The van der Waals surface area contributed by atoms with Gasteiger partial charge in [-0.25, -0.2) is 9.48 Å². The summed E-state index contributed by atoms with van der Waals surface area (Å²) in [5.74, 6) is 0.702. The summed E-state index contributed by atoms with van der Waals surface area (Å²) >= 11 is 0. The molecule has 1 aliphatic carbocycles. The maximum absolute atomic E-state index is 13.1. The van der Waals surface area contributed by atoms with Gasteiger partial charge in [0.2, 0.25) is 12.7 Å². The van der Waals surface area contributed by atoms with Crippen molar-refractivity contribution < 1.29 is 23.9 Å². The lowest BCUT2D eigenvalue weighted by molar-refractivity contribution is -0.133. The van der Waals surface area contributed by atoms with Crippen LogP contribution in [0.3, 0.4) is 0 Å². The van der Waals surface area contributed by atoms with E-state index < -0.39 is 23.4 Å². The summed E-state index contributed by atoms with van der Waals surface area (Å²) in [7, 11) is 0. The van der Waals surface area contributed by atoms with Crippen LogP contribution in [-0.4, -0.2) is 45.9 Å². The fourth-order valence-corrected chi connectivity index (χ4v) is 4.42. The SMILES string of the molecule is CC1(c2ccc3c(c2)OCO3)NC(=O)N(CC(=O)Nc2ccnn2C2CCCC2)C1=O. The van der Waals surface area contributed by atoms with E-state index in [2.05, 4.69) is 15.7 Å². The summed E-state index contributed by atoms with van der Waals surface area (Å²) in [5.41, 5.74) is -0.749. The highest BCUT2D eigenvalue weighted by Crippen LogP contribution is 2.38. The Morgan fingerprint density at radius 1 is 1.23 bits per heavy atom. The molecule has 5 rings (SSSR count). The Bertz CT molecular complexity index is 1060. The zero-order valence-corrected chi connectivity index (χ0v) is 17.1. The summed E-state index contributed by atoms with van der Waals surface area (Å²) in [6, 6.07) is 6.43. The molecule has 3 aliphatic rings. The van der Waals surface area contributed by atoms with E-state index in [1.165, 1.54) is 0 Å². The van der Waals surface area contributed by atoms with E-state index in [0.29, 0.717) is 22.9 Å². The average Bonchev–Trinajstić information content (AvgIpc) is 3.53. The number of amides is 4. The second-order valence-electron chi connectivity index (χ2n) is 8.16. The van der Waals surface area contributed by atoms with Crippen LogP contribution in [0.15, 0.2) is 30.5 Å². The largest absolute Gasteiger partial charge is 0.454 e. The molecule has 2 N–H and O–H groups in total. The molecule has 10 heteroatoms. The third kappa shape index (κ3) is 3.28. The summed E-state index contributed by atoms with van der Waals surface area (Å²) in [6.45, 7) is 1.33. The number of fused-ring (bicyclic) bond motifs is 1. The van der Waals surface area contributed by atoms with Gasteiger partial charge >= 0.3 is 6.03 Å². The molecule has 1 aromatic heterocycles. The van der Waals surface area contributed by atoms with Gasteiger partial charge in [-0.15, -0.1) is 0 Å². The molecule has 0 spiro atoms. The van der Waals surface area contributed by atoms with Crippen molar-refractivity contribution in [3.8, 4) is 11.5 Å².